The van der Waals surface area contributed by atoms with Crippen molar-refractivity contribution >= 4 is 5.57 Å². The summed E-state index contributed by atoms with van der Waals surface area (Å²) >= 11 is 0. The van der Waals surface area contributed by atoms with Crippen LogP contribution in [0.25, 0.3) is 5.57 Å². The summed E-state index contributed by atoms with van der Waals surface area (Å²) in [6.45, 7) is 3.64. The highest BCUT2D eigenvalue weighted by molar-refractivity contribution is 5.69. The number of para-hydroxylation sites is 1. The van der Waals surface area contributed by atoms with Crippen LogP contribution in [0.2, 0.25) is 0 Å². The fraction of sp³-hybridized carbons (Fsp3) is 0.200. The van der Waals surface area contributed by atoms with Crippen molar-refractivity contribution in [3.63, 3.8) is 0 Å². The minimum Gasteiger partial charge on any atom is -0.405 e. The van der Waals surface area contributed by atoms with Gasteiger partial charge in [0.1, 0.15) is 5.75 Å². The third kappa shape index (κ3) is 3.28. The summed E-state index contributed by atoms with van der Waals surface area (Å²) in [5.41, 5.74) is 5.97. The van der Waals surface area contributed by atoms with Crippen molar-refractivity contribution in [1.29, 1.82) is 0 Å². The topological polar surface area (TPSA) is 35.2 Å². The van der Waals surface area contributed by atoms with Crippen LogP contribution in [0.5, 0.6) is 5.75 Å². The molecule has 0 aromatic heterocycles. The number of hydrogen-bond acceptors (Lipinski definition) is 2. The van der Waals surface area contributed by atoms with Crippen LogP contribution in [0, 0.1) is 0 Å². The highest BCUT2D eigenvalue weighted by Gasteiger charge is 2.32. The molecule has 0 spiro atoms. The van der Waals surface area contributed by atoms with E-state index in [2.05, 4.69) is 11.3 Å². The number of ether oxygens (including phenoxy) is 1. The van der Waals surface area contributed by atoms with Crippen molar-refractivity contribution in [1.82, 2.24) is 0 Å². The van der Waals surface area contributed by atoms with E-state index in [-0.39, 0.29) is 17.9 Å². The zero-order valence-corrected chi connectivity index (χ0v) is 7.84. The molecule has 0 radical (unpaired) electrons. The smallest absolute Gasteiger partial charge is 0.405 e. The molecule has 0 aliphatic carbocycles. The predicted octanol–water partition coefficient (Wildman–Crippen LogP) is 2.56. The van der Waals surface area contributed by atoms with E-state index in [0.29, 0.717) is 5.57 Å². The van der Waals surface area contributed by atoms with E-state index < -0.39 is 6.36 Å². The van der Waals surface area contributed by atoms with Gasteiger partial charge in [-0.2, -0.15) is 0 Å². The van der Waals surface area contributed by atoms with Crippen molar-refractivity contribution < 1.29 is 17.9 Å². The van der Waals surface area contributed by atoms with Gasteiger partial charge in [0, 0.05) is 12.1 Å². The summed E-state index contributed by atoms with van der Waals surface area (Å²) in [4.78, 5) is 0. The fourth-order valence-corrected chi connectivity index (χ4v) is 1.08. The highest BCUT2D eigenvalue weighted by atomic mass is 19.4. The van der Waals surface area contributed by atoms with Crippen molar-refractivity contribution in [2.75, 3.05) is 6.54 Å². The van der Waals surface area contributed by atoms with Crippen LogP contribution >= 0.6 is 0 Å². The van der Waals surface area contributed by atoms with Gasteiger partial charge < -0.3 is 10.5 Å². The number of alkyl halides is 3. The lowest BCUT2D eigenvalue weighted by Gasteiger charge is -2.13. The SMILES string of the molecule is C=C(CN)c1ccccc1OC(F)(F)F. The normalized spacial score (nSPS) is 11.2. The number of hydrogen-bond donors (Lipinski definition) is 1. The monoisotopic (exact) mass is 217 g/mol. The summed E-state index contributed by atoms with van der Waals surface area (Å²) in [6, 6.07) is 5.76. The van der Waals surface area contributed by atoms with Crippen LogP contribution in [0.3, 0.4) is 0 Å². The van der Waals surface area contributed by atoms with Crippen LogP contribution in [0.15, 0.2) is 30.8 Å². The second-order valence-electron chi connectivity index (χ2n) is 2.85. The molecular formula is C10H10F3NO. The Balaban J connectivity index is 3.02. The van der Waals surface area contributed by atoms with Gasteiger partial charge in [0.05, 0.1) is 0 Å². The molecule has 82 valence electrons. The lowest BCUT2D eigenvalue weighted by Crippen LogP contribution is -2.18. The van der Waals surface area contributed by atoms with Crippen molar-refractivity contribution in [3.8, 4) is 5.75 Å². The zero-order chi connectivity index (χ0) is 11.5. The Hall–Kier alpha value is -1.49. The number of rotatable bonds is 3. The molecule has 15 heavy (non-hydrogen) atoms. The van der Waals surface area contributed by atoms with Crippen molar-refractivity contribution in [2.45, 2.75) is 6.36 Å². The van der Waals surface area contributed by atoms with E-state index >= 15 is 0 Å². The van der Waals surface area contributed by atoms with Crippen LogP contribution in [-0.4, -0.2) is 12.9 Å². The molecule has 1 aromatic carbocycles. The highest BCUT2D eigenvalue weighted by Crippen LogP contribution is 2.29. The van der Waals surface area contributed by atoms with Gasteiger partial charge in [0.2, 0.25) is 0 Å². The molecule has 2 N–H and O–H groups in total. The van der Waals surface area contributed by atoms with Gasteiger partial charge in [-0.1, -0.05) is 24.8 Å². The first-order valence-corrected chi connectivity index (χ1v) is 4.17. The zero-order valence-electron chi connectivity index (χ0n) is 7.84. The first-order valence-electron chi connectivity index (χ1n) is 4.17. The predicted molar refractivity (Wildman–Crippen MR) is 51.2 cm³/mol. The van der Waals surface area contributed by atoms with Crippen molar-refractivity contribution in [3.05, 3.63) is 36.4 Å². The lowest BCUT2D eigenvalue weighted by molar-refractivity contribution is -0.274. The van der Waals surface area contributed by atoms with Crippen LogP contribution in [0.1, 0.15) is 5.56 Å². The minimum absolute atomic E-state index is 0.0816. The van der Waals surface area contributed by atoms with E-state index in [1.54, 1.807) is 6.07 Å². The molecule has 1 aromatic rings. The largest absolute Gasteiger partial charge is 0.573 e. The van der Waals surface area contributed by atoms with Gasteiger partial charge >= 0.3 is 6.36 Å². The average Bonchev–Trinajstić information content (AvgIpc) is 2.15. The first kappa shape index (κ1) is 11.6. The third-order valence-electron chi connectivity index (χ3n) is 1.74. The maximum absolute atomic E-state index is 12.0. The molecule has 0 aliphatic heterocycles. The summed E-state index contributed by atoms with van der Waals surface area (Å²) in [5, 5.41) is 0. The molecule has 0 bridgehead atoms. The number of benzene rings is 1. The summed E-state index contributed by atoms with van der Waals surface area (Å²) < 4.78 is 39.9. The number of nitrogens with two attached hydrogens (primary N) is 1. The Bertz CT molecular complexity index is 360. The standard InChI is InChI=1S/C10H10F3NO/c1-7(6-14)8-4-2-3-5-9(8)15-10(11,12)13/h2-5H,1,6,14H2. The maximum Gasteiger partial charge on any atom is 0.573 e. The third-order valence-corrected chi connectivity index (χ3v) is 1.74. The van der Waals surface area contributed by atoms with E-state index in [1.165, 1.54) is 18.2 Å². The Morgan fingerprint density at radius 1 is 1.33 bits per heavy atom. The van der Waals surface area contributed by atoms with Gasteiger partial charge in [-0.15, -0.1) is 13.2 Å². The minimum atomic E-state index is -4.70. The van der Waals surface area contributed by atoms with Crippen LogP contribution < -0.4 is 10.5 Å². The molecule has 0 saturated carbocycles. The molecule has 0 atom stereocenters. The molecule has 0 unspecified atom stereocenters. The molecule has 1 rings (SSSR count). The molecule has 0 amide bonds. The summed E-state index contributed by atoms with van der Waals surface area (Å²) in [7, 11) is 0. The Labute approximate surface area is 85.2 Å². The fourth-order valence-electron chi connectivity index (χ4n) is 1.08. The average molecular weight is 217 g/mol. The van der Waals surface area contributed by atoms with E-state index in [9.17, 15) is 13.2 Å². The molecule has 0 saturated heterocycles. The Morgan fingerprint density at radius 2 is 1.93 bits per heavy atom. The quantitative estimate of drug-likeness (QED) is 0.844. The van der Waals surface area contributed by atoms with Gasteiger partial charge in [-0.05, 0) is 11.6 Å². The van der Waals surface area contributed by atoms with Crippen LogP contribution in [0.4, 0.5) is 13.2 Å². The van der Waals surface area contributed by atoms with Crippen LogP contribution in [-0.2, 0) is 0 Å². The van der Waals surface area contributed by atoms with Crippen molar-refractivity contribution in [2.24, 2.45) is 5.73 Å². The molecule has 0 heterocycles. The molecule has 5 heteroatoms. The maximum atomic E-state index is 12.0. The molecular weight excluding hydrogens is 207 g/mol. The van der Waals surface area contributed by atoms with Gasteiger partial charge in [-0.3, -0.25) is 0 Å². The first-order chi connectivity index (χ1) is 6.94. The van der Waals surface area contributed by atoms with Gasteiger partial charge in [-0.25, -0.2) is 0 Å². The van der Waals surface area contributed by atoms with E-state index in [1.807, 2.05) is 0 Å². The lowest BCUT2D eigenvalue weighted by atomic mass is 10.1. The molecule has 2 nitrogen and oxygen atoms in total. The number of halogens is 3. The molecule has 0 aliphatic rings. The van der Waals surface area contributed by atoms with Gasteiger partial charge in [0.25, 0.3) is 0 Å². The Morgan fingerprint density at radius 3 is 2.47 bits per heavy atom. The van der Waals surface area contributed by atoms with Gasteiger partial charge in [0.15, 0.2) is 0 Å². The van der Waals surface area contributed by atoms with E-state index in [4.69, 9.17) is 5.73 Å². The second kappa shape index (κ2) is 4.35. The molecule has 0 fully saturated rings. The summed E-state index contributed by atoms with van der Waals surface area (Å²) in [5.74, 6) is -0.277. The Kier molecular flexibility index (Phi) is 3.36. The van der Waals surface area contributed by atoms with E-state index in [0.717, 1.165) is 0 Å². The second-order valence-corrected chi connectivity index (χ2v) is 2.85. The summed E-state index contributed by atoms with van der Waals surface area (Å²) in [6.07, 6.45) is -4.70.